The van der Waals surface area contributed by atoms with E-state index in [2.05, 4.69) is 0 Å². The molecular weight excluding hydrogens is 386 g/mol. The summed E-state index contributed by atoms with van der Waals surface area (Å²) in [7, 11) is 0. The summed E-state index contributed by atoms with van der Waals surface area (Å²) in [6.07, 6.45) is 1.37. The van der Waals surface area contributed by atoms with Gasteiger partial charge in [-0.15, -0.1) is 0 Å². The lowest BCUT2D eigenvalue weighted by atomic mass is 9.79. The molecule has 0 spiro atoms. The summed E-state index contributed by atoms with van der Waals surface area (Å²) < 4.78 is 5.93. The number of nitrogens with zero attached hydrogens (tertiary/aromatic N) is 1. The quantitative estimate of drug-likeness (QED) is 0.468. The molecule has 0 aromatic heterocycles. The summed E-state index contributed by atoms with van der Waals surface area (Å²) in [5.74, 6) is -0.0770. The van der Waals surface area contributed by atoms with Crippen molar-refractivity contribution in [2.24, 2.45) is 5.41 Å². The lowest BCUT2D eigenvalue weighted by molar-refractivity contribution is -0.126. The summed E-state index contributed by atoms with van der Waals surface area (Å²) in [4.78, 5) is 28.1. The third kappa shape index (κ3) is 6.55. The van der Waals surface area contributed by atoms with E-state index in [1.54, 1.807) is 11.0 Å². The molecule has 2 aromatic carbocycles. The maximum absolute atomic E-state index is 13.4. The minimum atomic E-state index is -0.551. The molecule has 2 rings (SSSR count). The van der Waals surface area contributed by atoms with Gasteiger partial charge in [-0.2, -0.15) is 0 Å². The zero-order chi connectivity index (χ0) is 23.2. The molecule has 0 aliphatic heterocycles. The number of rotatable bonds is 7. The molecule has 0 heterocycles. The maximum Gasteiger partial charge on any atom is 0.415 e. The first-order chi connectivity index (χ1) is 14.5. The summed E-state index contributed by atoms with van der Waals surface area (Å²) in [6, 6.07) is 19.1. The lowest BCUT2D eigenvalue weighted by Gasteiger charge is -2.30. The van der Waals surface area contributed by atoms with Gasteiger partial charge in [0, 0.05) is 23.1 Å². The normalized spacial score (nSPS) is 13.3. The fourth-order valence-corrected chi connectivity index (χ4v) is 3.56. The van der Waals surface area contributed by atoms with E-state index in [-0.39, 0.29) is 17.9 Å². The summed E-state index contributed by atoms with van der Waals surface area (Å²) in [5, 5.41) is 0. The van der Waals surface area contributed by atoms with Crippen LogP contribution in [0.1, 0.15) is 65.5 Å². The fourth-order valence-electron chi connectivity index (χ4n) is 3.56. The van der Waals surface area contributed by atoms with Gasteiger partial charge >= 0.3 is 6.09 Å². The fraction of sp³-hybridized carbons (Fsp3) is 0.407. The van der Waals surface area contributed by atoms with Gasteiger partial charge < -0.3 is 9.64 Å². The van der Waals surface area contributed by atoms with E-state index in [1.165, 1.54) is 0 Å². The topological polar surface area (TPSA) is 46.6 Å². The molecule has 0 unspecified atom stereocenters. The number of hydrogen-bond donors (Lipinski definition) is 0. The van der Waals surface area contributed by atoms with Crippen LogP contribution in [-0.4, -0.2) is 28.9 Å². The summed E-state index contributed by atoms with van der Waals surface area (Å²) in [5.41, 5.74) is 1.08. The summed E-state index contributed by atoms with van der Waals surface area (Å²) in [6.45, 7) is 13.6. The van der Waals surface area contributed by atoms with E-state index in [4.69, 9.17) is 4.74 Å². The first-order valence-corrected chi connectivity index (χ1v) is 10.9. The van der Waals surface area contributed by atoms with E-state index in [9.17, 15) is 9.59 Å². The van der Waals surface area contributed by atoms with Crippen LogP contribution < -0.4 is 0 Å². The molecule has 1 atom stereocenters. The van der Waals surface area contributed by atoms with Crippen molar-refractivity contribution >= 4 is 17.6 Å². The van der Waals surface area contributed by atoms with E-state index in [0.29, 0.717) is 5.76 Å². The number of benzene rings is 2. The number of hydrogen-bond acceptors (Lipinski definition) is 3. The molecule has 31 heavy (non-hydrogen) atoms. The van der Waals surface area contributed by atoms with Crippen molar-refractivity contribution in [3.05, 3.63) is 77.9 Å². The molecule has 166 valence electrons. The number of carbonyl (C=O) groups is 2. The van der Waals surface area contributed by atoms with Crippen LogP contribution in [0.4, 0.5) is 4.79 Å². The molecule has 1 amide bonds. The molecular formula is C27H35NO3. The van der Waals surface area contributed by atoms with Gasteiger partial charge in [-0.1, -0.05) is 81.4 Å². The second-order valence-electron chi connectivity index (χ2n) is 9.36. The van der Waals surface area contributed by atoms with E-state index < -0.39 is 17.4 Å². The number of allylic oxidation sites excluding steroid dienone is 1. The first kappa shape index (κ1) is 24.4. The molecule has 4 nitrogen and oxygen atoms in total. The van der Waals surface area contributed by atoms with Crippen LogP contribution in [0.25, 0.3) is 5.76 Å². The standard InChI is InChI=1S/C27H35NO3/c1-19(2)28(20(3)4)26(30)31-24(22-16-12-9-13-17-22)18-23(25(29)27(5,6)7)21-14-10-8-11-15-21/h8-20,23H,1-7H3/b24-18-/t23-/m0/s1. The molecule has 0 fully saturated rings. The van der Waals surface area contributed by atoms with Crippen molar-refractivity contribution < 1.29 is 14.3 Å². The number of amides is 1. The number of carbonyl (C=O) groups excluding carboxylic acids is 2. The van der Waals surface area contributed by atoms with Crippen molar-refractivity contribution in [1.29, 1.82) is 0 Å². The Morgan fingerprint density at radius 2 is 1.32 bits per heavy atom. The number of ketones is 1. The predicted molar refractivity (Wildman–Crippen MR) is 127 cm³/mol. The van der Waals surface area contributed by atoms with E-state index >= 15 is 0 Å². The van der Waals surface area contributed by atoms with Crippen molar-refractivity contribution in [3.8, 4) is 0 Å². The minimum absolute atomic E-state index is 0.00866. The number of Topliss-reactive ketones (excluding diaryl/α,β-unsaturated/α-hetero) is 1. The van der Waals surface area contributed by atoms with E-state index in [0.717, 1.165) is 11.1 Å². The van der Waals surface area contributed by atoms with Gasteiger partial charge in [-0.3, -0.25) is 4.79 Å². The van der Waals surface area contributed by atoms with Crippen LogP contribution in [0.5, 0.6) is 0 Å². The van der Waals surface area contributed by atoms with Gasteiger partial charge in [0.2, 0.25) is 0 Å². The number of ether oxygens (including phenoxy) is 1. The minimum Gasteiger partial charge on any atom is -0.410 e. The SMILES string of the molecule is CC(C)N(C(=O)O/C(=C\[C@H](C(=O)C(C)(C)C)c1ccccc1)c1ccccc1)C(C)C. The molecule has 0 saturated heterocycles. The summed E-state index contributed by atoms with van der Waals surface area (Å²) >= 11 is 0. The highest BCUT2D eigenvalue weighted by molar-refractivity contribution is 5.93. The van der Waals surface area contributed by atoms with Crippen molar-refractivity contribution in [3.63, 3.8) is 0 Å². The Kier molecular flexibility index (Phi) is 8.21. The highest BCUT2D eigenvalue weighted by atomic mass is 16.6. The van der Waals surface area contributed by atoms with Crippen LogP contribution in [-0.2, 0) is 9.53 Å². The van der Waals surface area contributed by atoms with Gasteiger partial charge in [0.05, 0.1) is 5.92 Å². The van der Waals surface area contributed by atoms with Gasteiger partial charge in [-0.25, -0.2) is 4.79 Å². The van der Waals surface area contributed by atoms with Crippen molar-refractivity contribution in [1.82, 2.24) is 4.90 Å². The van der Waals surface area contributed by atoms with Gasteiger partial charge in [-0.05, 0) is 39.3 Å². The van der Waals surface area contributed by atoms with Gasteiger partial charge in [0.1, 0.15) is 11.5 Å². The monoisotopic (exact) mass is 421 g/mol. The van der Waals surface area contributed by atoms with Gasteiger partial charge in [0.15, 0.2) is 0 Å². The lowest BCUT2D eigenvalue weighted by Crippen LogP contribution is -2.42. The highest BCUT2D eigenvalue weighted by Gasteiger charge is 2.31. The Morgan fingerprint density at radius 1 is 0.839 bits per heavy atom. The highest BCUT2D eigenvalue weighted by Crippen LogP contribution is 2.32. The van der Waals surface area contributed by atoms with Crippen LogP contribution in [0, 0.1) is 5.41 Å². The van der Waals surface area contributed by atoms with E-state index in [1.807, 2.05) is 109 Å². The molecule has 0 bridgehead atoms. The second kappa shape index (κ2) is 10.4. The molecule has 4 heteroatoms. The average molecular weight is 422 g/mol. The Hall–Kier alpha value is -2.88. The first-order valence-electron chi connectivity index (χ1n) is 10.9. The van der Waals surface area contributed by atoms with Gasteiger partial charge in [0.25, 0.3) is 0 Å². The smallest absolute Gasteiger partial charge is 0.410 e. The average Bonchev–Trinajstić information content (AvgIpc) is 2.70. The van der Waals surface area contributed by atoms with Crippen LogP contribution in [0.15, 0.2) is 66.7 Å². The Bertz CT molecular complexity index is 885. The van der Waals surface area contributed by atoms with Crippen molar-refractivity contribution in [2.45, 2.75) is 66.5 Å². The Morgan fingerprint density at radius 3 is 1.77 bits per heavy atom. The Labute approximate surface area is 186 Å². The third-order valence-corrected chi connectivity index (χ3v) is 5.08. The largest absolute Gasteiger partial charge is 0.415 e. The third-order valence-electron chi connectivity index (χ3n) is 5.08. The Balaban J connectivity index is 2.57. The molecule has 0 aliphatic rings. The maximum atomic E-state index is 13.4. The van der Waals surface area contributed by atoms with Crippen LogP contribution in [0.2, 0.25) is 0 Å². The predicted octanol–water partition coefficient (Wildman–Crippen LogP) is 6.68. The molecule has 2 aromatic rings. The van der Waals surface area contributed by atoms with Crippen LogP contribution >= 0.6 is 0 Å². The zero-order valence-corrected chi connectivity index (χ0v) is 19.8. The molecule has 0 aliphatic carbocycles. The molecule has 0 radical (unpaired) electrons. The zero-order valence-electron chi connectivity index (χ0n) is 19.8. The second-order valence-corrected chi connectivity index (χ2v) is 9.36. The molecule has 0 saturated carbocycles. The van der Waals surface area contributed by atoms with Crippen LogP contribution in [0.3, 0.4) is 0 Å². The molecule has 0 N–H and O–H groups in total. The van der Waals surface area contributed by atoms with Crippen molar-refractivity contribution in [2.75, 3.05) is 0 Å².